The van der Waals surface area contributed by atoms with E-state index >= 15 is 0 Å². The van der Waals surface area contributed by atoms with E-state index in [9.17, 15) is 18.0 Å². The van der Waals surface area contributed by atoms with E-state index in [1.165, 1.54) is 19.1 Å². The summed E-state index contributed by atoms with van der Waals surface area (Å²) in [4.78, 5) is 21.6. The zero-order chi connectivity index (χ0) is 16.0. The SMILES string of the molecule is CCC(NS(=O)(=O)c1ccc(CNC(C)=O)cc1)C(=O)O. The van der Waals surface area contributed by atoms with Crippen molar-refractivity contribution >= 4 is 21.9 Å². The Morgan fingerprint density at radius 3 is 2.24 bits per heavy atom. The number of aliphatic carboxylic acids is 1. The molecule has 116 valence electrons. The van der Waals surface area contributed by atoms with Crippen molar-refractivity contribution in [3.8, 4) is 0 Å². The van der Waals surface area contributed by atoms with Crippen LogP contribution in [0.25, 0.3) is 0 Å². The highest BCUT2D eigenvalue weighted by Crippen LogP contribution is 2.12. The minimum atomic E-state index is -3.88. The molecule has 0 aliphatic carbocycles. The number of amides is 1. The summed E-state index contributed by atoms with van der Waals surface area (Å²) < 4.78 is 26.2. The van der Waals surface area contributed by atoms with E-state index in [-0.39, 0.29) is 17.2 Å². The maximum absolute atomic E-state index is 12.0. The minimum absolute atomic E-state index is 0.0197. The van der Waals surface area contributed by atoms with Crippen LogP contribution in [0.3, 0.4) is 0 Å². The van der Waals surface area contributed by atoms with E-state index in [4.69, 9.17) is 5.11 Å². The molecule has 8 heteroatoms. The number of hydrogen-bond acceptors (Lipinski definition) is 4. The van der Waals surface area contributed by atoms with Crippen LogP contribution < -0.4 is 10.0 Å². The first-order valence-corrected chi connectivity index (χ1v) is 7.83. The molecular weight excluding hydrogens is 296 g/mol. The Balaban J connectivity index is 2.84. The van der Waals surface area contributed by atoms with E-state index < -0.39 is 22.0 Å². The van der Waals surface area contributed by atoms with Gasteiger partial charge in [-0.05, 0) is 24.1 Å². The molecule has 1 rings (SSSR count). The Hall–Kier alpha value is -1.93. The van der Waals surface area contributed by atoms with Crippen LogP contribution >= 0.6 is 0 Å². The standard InChI is InChI=1S/C13H18N2O5S/c1-3-12(13(17)18)15-21(19,20)11-6-4-10(5-7-11)8-14-9(2)16/h4-7,12,15H,3,8H2,1-2H3,(H,14,16)(H,17,18). The highest BCUT2D eigenvalue weighted by Gasteiger charge is 2.23. The van der Waals surface area contributed by atoms with Crippen LogP contribution in [-0.2, 0) is 26.2 Å². The molecule has 0 bridgehead atoms. The summed E-state index contributed by atoms with van der Waals surface area (Å²) in [7, 11) is -3.88. The van der Waals surface area contributed by atoms with Gasteiger partial charge in [0.15, 0.2) is 0 Å². The summed E-state index contributed by atoms with van der Waals surface area (Å²) in [6, 6.07) is 4.70. The molecule has 0 aliphatic rings. The van der Waals surface area contributed by atoms with Gasteiger partial charge in [-0.1, -0.05) is 19.1 Å². The Morgan fingerprint density at radius 2 is 1.81 bits per heavy atom. The minimum Gasteiger partial charge on any atom is -0.480 e. The number of nitrogens with one attached hydrogen (secondary N) is 2. The van der Waals surface area contributed by atoms with Crippen LogP contribution in [0.4, 0.5) is 0 Å². The van der Waals surface area contributed by atoms with Gasteiger partial charge in [0.05, 0.1) is 4.90 Å². The molecule has 0 heterocycles. The summed E-state index contributed by atoms with van der Waals surface area (Å²) >= 11 is 0. The monoisotopic (exact) mass is 314 g/mol. The van der Waals surface area contributed by atoms with Gasteiger partial charge < -0.3 is 10.4 Å². The van der Waals surface area contributed by atoms with Crippen LogP contribution in [0.1, 0.15) is 25.8 Å². The van der Waals surface area contributed by atoms with Crippen molar-refractivity contribution < 1.29 is 23.1 Å². The van der Waals surface area contributed by atoms with Gasteiger partial charge in [0.2, 0.25) is 15.9 Å². The van der Waals surface area contributed by atoms with Gasteiger partial charge in [-0.3, -0.25) is 9.59 Å². The van der Waals surface area contributed by atoms with Gasteiger partial charge in [-0.2, -0.15) is 4.72 Å². The molecule has 0 spiro atoms. The van der Waals surface area contributed by atoms with Crippen molar-refractivity contribution in [1.29, 1.82) is 0 Å². The number of carboxylic acids is 1. The molecule has 1 amide bonds. The molecule has 3 N–H and O–H groups in total. The zero-order valence-electron chi connectivity index (χ0n) is 11.8. The maximum atomic E-state index is 12.0. The third-order valence-corrected chi connectivity index (χ3v) is 4.27. The molecule has 1 aromatic carbocycles. The number of hydrogen-bond donors (Lipinski definition) is 3. The number of carbonyl (C=O) groups is 2. The second kappa shape index (κ2) is 7.19. The van der Waals surface area contributed by atoms with Crippen LogP contribution in [0.2, 0.25) is 0 Å². The average molecular weight is 314 g/mol. The van der Waals surface area contributed by atoms with Gasteiger partial charge in [0.1, 0.15) is 6.04 Å². The predicted octanol–water partition coefficient (Wildman–Crippen LogP) is 0.464. The normalized spacial score (nSPS) is 12.7. The first-order chi connectivity index (χ1) is 9.76. The fourth-order valence-electron chi connectivity index (χ4n) is 1.58. The third-order valence-electron chi connectivity index (χ3n) is 2.78. The van der Waals surface area contributed by atoms with Crippen molar-refractivity contribution in [3.63, 3.8) is 0 Å². The molecule has 0 radical (unpaired) electrons. The first-order valence-electron chi connectivity index (χ1n) is 6.34. The second-order valence-electron chi connectivity index (χ2n) is 4.47. The van der Waals surface area contributed by atoms with E-state index in [0.717, 1.165) is 5.56 Å². The van der Waals surface area contributed by atoms with Crippen LogP contribution in [0.5, 0.6) is 0 Å². The van der Waals surface area contributed by atoms with E-state index in [1.54, 1.807) is 19.1 Å². The Kier molecular flexibility index (Phi) is 5.86. The van der Waals surface area contributed by atoms with Crippen molar-refractivity contribution in [2.75, 3.05) is 0 Å². The van der Waals surface area contributed by atoms with Gasteiger partial charge in [-0.15, -0.1) is 0 Å². The number of sulfonamides is 1. The lowest BCUT2D eigenvalue weighted by molar-refractivity contribution is -0.139. The third kappa shape index (κ3) is 5.16. The summed E-state index contributed by atoms with van der Waals surface area (Å²) in [6.45, 7) is 3.27. The Labute approximate surface area is 123 Å². The van der Waals surface area contributed by atoms with Crippen molar-refractivity contribution in [2.45, 2.75) is 37.8 Å². The molecule has 1 atom stereocenters. The molecule has 21 heavy (non-hydrogen) atoms. The molecule has 0 saturated heterocycles. The summed E-state index contributed by atoms with van der Waals surface area (Å²) in [5.74, 6) is -1.40. The molecule has 1 unspecified atom stereocenters. The van der Waals surface area contributed by atoms with Crippen molar-refractivity contribution in [2.24, 2.45) is 0 Å². The van der Waals surface area contributed by atoms with Gasteiger partial charge in [0, 0.05) is 13.5 Å². The summed E-state index contributed by atoms with van der Waals surface area (Å²) in [5.41, 5.74) is 0.745. The molecule has 0 aliphatic heterocycles. The van der Waals surface area contributed by atoms with Crippen molar-refractivity contribution in [3.05, 3.63) is 29.8 Å². The Bertz CT molecular complexity index is 610. The highest BCUT2D eigenvalue weighted by molar-refractivity contribution is 7.89. The van der Waals surface area contributed by atoms with Crippen LogP contribution in [0, 0.1) is 0 Å². The van der Waals surface area contributed by atoms with Crippen LogP contribution in [0.15, 0.2) is 29.2 Å². The predicted molar refractivity (Wildman–Crippen MR) is 76.0 cm³/mol. The Morgan fingerprint density at radius 1 is 1.24 bits per heavy atom. The average Bonchev–Trinajstić information content (AvgIpc) is 2.42. The lowest BCUT2D eigenvalue weighted by Crippen LogP contribution is -2.40. The molecule has 0 saturated carbocycles. The number of carbonyl (C=O) groups excluding carboxylic acids is 1. The summed E-state index contributed by atoms with van der Waals surface area (Å²) in [5, 5.41) is 11.5. The van der Waals surface area contributed by atoms with Gasteiger partial charge in [-0.25, -0.2) is 8.42 Å². The number of rotatable bonds is 7. The quantitative estimate of drug-likeness (QED) is 0.677. The first kappa shape index (κ1) is 17.1. The molecular formula is C13H18N2O5S. The smallest absolute Gasteiger partial charge is 0.321 e. The van der Waals surface area contributed by atoms with Crippen LogP contribution in [-0.4, -0.2) is 31.4 Å². The van der Waals surface area contributed by atoms with Gasteiger partial charge in [0.25, 0.3) is 0 Å². The van der Waals surface area contributed by atoms with E-state index in [1.807, 2.05) is 0 Å². The number of benzene rings is 1. The molecule has 0 fully saturated rings. The fraction of sp³-hybridized carbons (Fsp3) is 0.385. The van der Waals surface area contributed by atoms with Crippen molar-refractivity contribution in [1.82, 2.24) is 10.0 Å². The lowest BCUT2D eigenvalue weighted by Gasteiger charge is -2.13. The van der Waals surface area contributed by atoms with E-state index in [2.05, 4.69) is 10.0 Å². The summed E-state index contributed by atoms with van der Waals surface area (Å²) in [6.07, 6.45) is 0.148. The second-order valence-corrected chi connectivity index (χ2v) is 6.19. The molecule has 0 aromatic heterocycles. The number of carboxylic acid groups (broad SMARTS) is 1. The lowest BCUT2D eigenvalue weighted by atomic mass is 10.2. The molecule has 1 aromatic rings. The largest absolute Gasteiger partial charge is 0.480 e. The van der Waals surface area contributed by atoms with E-state index in [0.29, 0.717) is 6.54 Å². The fourth-order valence-corrected chi connectivity index (χ4v) is 2.85. The highest BCUT2D eigenvalue weighted by atomic mass is 32.2. The molecule has 7 nitrogen and oxygen atoms in total. The topological polar surface area (TPSA) is 113 Å². The van der Waals surface area contributed by atoms with Gasteiger partial charge >= 0.3 is 5.97 Å². The maximum Gasteiger partial charge on any atom is 0.321 e. The zero-order valence-corrected chi connectivity index (χ0v) is 12.6.